The smallest absolute Gasteiger partial charge is 0.295 e. The molecule has 0 saturated carbocycles. The fourth-order valence-electron chi connectivity index (χ4n) is 6.48. The van der Waals surface area contributed by atoms with Crippen LogP contribution in [0.25, 0.3) is 16.7 Å². The normalized spacial score (nSPS) is 15.7. The summed E-state index contributed by atoms with van der Waals surface area (Å²) in [5.74, 6) is -38.5. The van der Waals surface area contributed by atoms with Crippen LogP contribution in [0.2, 0.25) is 0 Å². The van der Waals surface area contributed by atoms with E-state index in [1.807, 2.05) is 0 Å². The zero-order valence-electron chi connectivity index (χ0n) is 27.8. The first kappa shape index (κ1) is 38.6. The number of fused-ring (bicyclic) bond motifs is 6. The lowest BCUT2D eigenvalue weighted by Gasteiger charge is -2.14. The lowest BCUT2D eigenvalue weighted by molar-refractivity contribution is -0.385. The van der Waals surface area contributed by atoms with Crippen molar-refractivity contribution in [2.45, 2.75) is 0 Å². The van der Waals surface area contributed by atoms with Gasteiger partial charge < -0.3 is 4.98 Å². The first-order valence-corrected chi connectivity index (χ1v) is 15.8. The highest BCUT2D eigenvalue weighted by Gasteiger charge is 2.38. The summed E-state index contributed by atoms with van der Waals surface area (Å²) in [6, 6.07) is 0.590. The van der Waals surface area contributed by atoms with Crippen LogP contribution in [0.15, 0.2) is 74.6 Å². The van der Waals surface area contributed by atoms with Gasteiger partial charge >= 0.3 is 0 Å². The van der Waals surface area contributed by atoms with Crippen molar-refractivity contribution < 1.29 is 70.8 Å². The van der Waals surface area contributed by atoms with Gasteiger partial charge in [-0.05, 0) is 36.5 Å². The number of nitrogens with zero attached hydrogens (tertiary/aromatic N) is 4. The van der Waals surface area contributed by atoms with E-state index in [-0.39, 0.29) is 0 Å². The molecule has 4 aromatic rings. The molecule has 22 heteroatoms. The summed E-state index contributed by atoms with van der Waals surface area (Å²) in [4.78, 5) is 25.4. The Morgan fingerprint density at radius 1 is 0.407 bits per heavy atom. The largest absolute Gasteiger partial charge is 0.347 e. The molecule has 0 aliphatic carbocycles. The molecule has 5 heterocycles. The molecule has 3 aromatic carbocycles. The lowest BCUT2D eigenvalue weighted by Crippen LogP contribution is -2.12. The van der Waals surface area contributed by atoms with E-state index in [1.165, 1.54) is 0 Å². The molecule has 1 aromatic heterocycles. The van der Waals surface area contributed by atoms with Crippen LogP contribution in [-0.2, 0) is 0 Å². The summed E-state index contributed by atoms with van der Waals surface area (Å²) in [5, 5.41) is 12.4. The molecule has 0 atom stereocenters. The molecule has 8 bridgehead atoms. The van der Waals surface area contributed by atoms with E-state index in [2.05, 4.69) is 20.0 Å². The van der Waals surface area contributed by atoms with Crippen molar-refractivity contribution in [2.24, 2.45) is 15.0 Å². The summed E-state index contributed by atoms with van der Waals surface area (Å²) in [7, 11) is 0. The minimum Gasteiger partial charge on any atom is -0.347 e. The Hall–Kier alpha value is -7.26. The SMILES string of the molecule is O=[N+]([O-])c1cc2[nH]c1C(c1c(F)c(F)c(F)c(F)c1F)=C1C=CC(=N1)C(c1c(F)c(F)c(F)c(F)c1F)=C1C=CC(=N1)C(c1c(F)c(F)c(F)c(F)c1F)=C1C=CC2=N1. The predicted molar refractivity (Wildman–Crippen MR) is 175 cm³/mol. The number of allylic oxidation sites excluding steroid dienone is 8. The molecule has 7 nitrogen and oxygen atoms in total. The fourth-order valence-corrected chi connectivity index (χ4v) is 6.48. The van der Waals surface area contributed by atoms with E-state index in [0.717, 1.165) is 18.2 Å². The van der Waals surface area contributed by atoms with E-state index in [1.54, 1.807) is 0 Å². The van der Waals surface area contributed by atoms with Crippen molar-refractivity contribution in [3.8, 4) is 0 Å². The topological polar surface area (TPSA) is 96.0 Å². The molecule has 4 aliphatic rings. The van der Waals surface area contributed by atoms with Gasteiger partial charge in [0.05, 0.1) is 61.5 Å². The average Bonchev–Trinajstić information content (AvgIpc) is 4.05. The van der Waals surface area contributed by atoms with Crippen LogP contribution in [0.3, 0.4) is 0 Å². The van der Waals surface area contributed by atoms with Gasteiger partial charge in [-0.2, -0.15) is 0 Å². The van der Waals surface area contributed by atoms with E-state index in [0.29, 0.717) is 24.3 Å². The maximum atomic E-state index is 15.6. The van der Waals surface area contributed by atoms with Gasteiger partial charge in [-0.25, -0.2) is 80.8 Å². The maximum Gasteiger partial charge on any atom is 0.295 e. The number of aromatic nitrogens is 1. The third kappa shape index (κ3) is 5.52. The van der Waals surface area contributed by atoms with Crippen molar-refractivity contribution in [2.75, 3.05) is 0 Å². The third-order valence-corrected chi connectivity index (χ3v) is 9.10. The second kappa shape index (κ2) is 13.4. The molecule has 0 spiro atoms. The molecule has 4 aliphatic heterocycles. The number of nitro groups is 1. The Bertz CT molecular complexity index is 2930. The van der Waals surface area contributed by atoms with Crippen molar-refractivity contribution in [3.63, 3.8) is 0 Å². The molecule has 8 rings (SSSR count). The van der Waals surface area contributed by atoms with Crippen LogP contribution in [0.4, 0.5) is 71.5 Å². The molecule has 0 unspecified atom stereocenters. The molecule has 0 radical (unpaired) electrons. The van der Waals surface area contributed by atoms with Crippen LogP contribution < -0.4 is 0 Å². The first-order valence-electron chi connectivity index (χ1n) is 15.8. The molecule has 0 fully saturated rings. The number of halogens is 15. The number of hydrogen-bond donors (Lipinski definition) is 1. The summed E-state index contributed by atoms with van der Waals surface area (Å²) in [6.07, 6.45) is 4.42. The molecular weight excluding hydrogens is 831 g/mol. The highest BCUT2D eigenvalue weighted by molar-refractivity contribution is 6.36. The number of nitrogens with one attached hydrogen (secondary N) is 1. The van der Waals surface area contributed by atoms with Gasteiger partial charge in [0.1, 0.15) is 5.69 Å². The van der Waals surface area contributed by atoms with Gasteiger partial charge in [-0.3, -0.25) is 10.1 Å². The van der Waals surface area contributed by atoms with Crippen LogP contribution in [0.1, 0.15) is 28.1 Å². The summed E-state index contributed by atoms with van der Waals surface area (Å²) in [6.45, 7) is 0. The Labute approximate surface area is 315 Å². The highest BCUT2D eigenvalue weighted by Crippen LogP contribution is 2.44. The van der Waals surface area contributed by atoms with E-state index in [4.69, 9.17) is 0 Å². The van der Waals surface area contributed by atoms with Gasteiger partial charge in [-0.15, -0.1) is 0 Å². The fraction of sp³-hybridized carbons (Fsp3) is 0. The van der Waals surface area contributed by atoms with Gasteiger partial charge in [0, 0.05) is 22.8 Å². The Balaban J connectivity index is 1.58. The van der Waals surface area contributed by atoms with Crippen molar-refractivity contribution in [1.29, 1.82) is 0 Å². The second-order valence-corrected chi connectivity index (χ2v) is 12.3. The van der Waals surface area contributed by atoms with Gasteiger partial charge in [-0.1, -0.05) is 0 Å². The maximum absolute atomic E-state index is 15.6. The number of benzene rings is 3. The Morgan fingerprint density at radius 3 is 1.05 bits per heavy atom. The Kier molecular flexibility index (Phi) is 8.78. The zero-order chi connectivity index (χ0) is 42.7. The highest BCUT2D eigenvalue weighted by atomic mass is 19.2. The molecular formula is C37H8F15N5O2. The minimum atomic E-state index is -2.68. The summed E-state index contributed by atoms with van der Waals surface area (Å²) < 4.78 is 224. The van der Waals surface area contributed by atoms with Crippen LogP contribution in [0, 0.1) is 97.4 Å². The molecule has 0 amide bonds. The standard InChI is InChI=1S/C37H8F15N5O2/c38-22-19(23(39)29(45)34(50)28(22)44)16-9-2-1-8(53-9)14-7-15(57(58)59)37(56-14)18(21-26(42)32(48)36(52)33(49)27(21)43)13-6-5-12(55-13)17(11-4-3-10(16)54-11)20-24(40)30(46)35(51)31(47)25(20)41/h1-7,56H. The van der Waals surface area contributed by atoms with Crippen molar-refractivity contribution in [3.05, 3.63) is 185 Å². The molecule has 0 saturated heterocycles. The van der Waals surface area contributed by atoms with Crippen LogP contribution in [-0.4, -0.2) is 27.0 Å². The number of H-pyrrole nitrogens is 1. The molecule has 59 heavy (non-hydrogen) atoms. The van der Waals surface area contributed by atoms with E-state index in [9.17, 15) is 49.6 Å². The van der Waals surface area contributed by atoms with Gasteiger partial charge in [0.15, 0.2) is 69.8 Å². The van der Waals surface area contributed by atoms with Crippen LogP contribution in [0.5, 0.6) is 0 Å². The lowest BCUT2D eigenvalue weighted by atomic mass is 9.96. The quantitative estimate of drug-likeness (QED) is 0.0729. The minimum absolute atomic E-state index is 0.501. The summed E-state index contributed by atoms with van der Waals surface area (Å²) >= 11 is 0. The summed E-state index contributed by atoms with van der Waals surface area (Å²) in [5.41, 5.74) is -17.0. The number of rotatable bonds is 4. The number of aromatic amines is 1. The molecule has 298 valence electrons. The van der Waals surface area contributed by atoms with Crippen LogP contribution >= 0.6 is 0 Å². The van der Waals surface area contributed by atoms with E-state index >= 15 is 26.3 Å². The second-order valence-electron chi connectivity index (χ2n) is 12.3. The first-order chi connectivity index (χ1) is 27.8. The number of aliphatic imine (C=N–C) groups is 3. The van der Waals surface area contributed by atoms with Gasteiger partial charge in [0.25, 0.3) is 5.69 Å². The number of hydrogen-bond acceptors (Lipinski definition) is 5. The zero-order valence-corrected chi connectivity index (χ0v) is 27.8. The average molecular weight is 839 g/mol. The monoisotopic (exact) mass is 839 g/mol. The molecule has 1 N–H and O–H groups in total. The van der Waals surface area contributed by atoms with Gasteiger partial charge in [0.2, 0.25) is 17.5 Å². The van der Waals surface area contributed by atoms with Crippen molar-refractivity contribution >= 4 is 39.5 Å². The predicted octanol–water partition coefficient (Wildman–Crippen LogP) is 9.99. The van der Waals surface area contributed by atoms with Crippen molar-refractivity contribution in [1.82, 2.24) is 4.98 Å². The Morgan fingerprint density at radius 2 is 0.695 bits per heavy atom. The third-order valence-electron chi connectivity index (χ3n) is 9.10. The van der Waals surface area contributed by atoms with E-state index < -0.39 is 177 Å².